The molecule has 4 aliphatic rings. The van der Waals surface area contributed by atoms with E-state index in [-0.39, 0.29) is 6.10 Å². The van der Waals surface area contributed by atoms with Crippen molar-refractivity contribution in [3.05, 3.63) is 23.3 Å². The molecule has 0 amide bonds. The minimum Gasteiger partial charge on any atom is -0.393 e. The van der Waals surface area contributed by atoms with Gasteiger partial charge in [-0.1, -0.05) is 64.8 Å². The molecule has 0 spiro atoms. The largest absolute Gasteiger partial charge is 0.393 e. The number of hydrogen-bond acceptors (Lipinski definition) is 1. The number of allylic oxidation sites excluding steroid dienone is 4. The van der Waals surface area contributed by atoms with Gasteiger partial charge in [0.05, 0.1) is 6.10 Å². The van der Waals surface area contributed by atoms with Gasteiger partial charge < -0.3 is 5.11 Å². The Labute approximate surface area is 193 Å². The summed E-state index contributed by atoms with van der Waals surface area (Å²) in [4.78, 5) is 0. The van der Waals surface area contributed by atoms with Crippen LogP contribution in [0, 0.1) is 52.3 Å². The van der Waals surface area contributed by atoms with Gasteiger partial charge in [0, 0.05) is 0 Å². The first kappa shape index (κ1) is 23.6. The fraction of sp³-hybridized carbons (Fsp3) is 0.867. The Morgan fingerprint density at radius 3 is 2.42 bits per heavy atom. The molecule has 0 aromatic heterocycles. The van der Waals surface area contributed by atoms with E-state index in [1.807, 2.05) is 5.57 Å². The maximum absolute atomic E-state index is 10.5. The van der Waals surface area contributed by atoms with E-state index in [1.165, 1.54) is 51.4 Å². The Hall–Kier alpha value is -0.560. The normalized spacial score (nSPS) is 46.2. The van der Waals surface area contributed by atoms with Gasteiger partial charge in [-0.2, -0.15) is 0 Å². The Kier molecular flexibility index (Phi) is 6.59. The molecule has 31 heavy (non-hydrogen) atoms. The SMILES string of the molecule is CC=C(CC[C@@H](C)[C@H]1CC[C@H]2C3=CCC4[C@@H](C)[C@@H](O)CC[C@]4(C)[C@H]3CC[C@]12C)C(C)C. The third-order valence-electron chi connectivity index (χ3n) is 11.3. The molecule has 0 aromatic rings. The molecule has 1 heteroatoms. The zero-order valence-electron chi connectivity index (χ0n) is 21.6. The van der Waals surface area contributed by atoms with E-state index in [0.717, 1.165) is 30.1 Å². The smallest absolute Gasteiger partial charge is 0.0568 e. The second-order valence-corrected chi connectivity index (χ2v) is 12.9. The van der Waals surface area contributed by atoms with Gasteiger partial charge in [-0.15, -0.1) is 0 Å². The number of rotatable bonds is 5. The molecule has 3 fully saturated rings. The topological polar surface area (TPSA) is 20.2 Å². The number of aliphatic hydroxyl groups excluding tert-OH is 1. The third kappa shape index (κ3) is 3.79. The van der Waals surface area contributed by atoms with Gasteiger partial charge in [0.2, 0.25) is 0 Å². The van der Waals surface area contributed by atoms with Gasteiger partial charge in [0.1, 0.15) is 0 Å². The van der Waals surface area contributed by atoms with Gasteiger partial charge in [0.25, 0.3) is 0 Å². The third-order valence-corrected chi connectivity index (χ3v) is 11.3. The molecule has 0 saturated heterocycles. The molecule has 1 nitrogen and oxygen atoms in total. The predicted octanol–water partition coefficient (Wildman–Crippen LogP) is 8.19. The molecule has 0 bridgehead atoms. The summed E-state index contributed by atoms with van der Waals surface area (Å²) < 4.78 is 0. The Morgan fingerprint density at radius 1 is 1.06 bits per heavy atom. The van der Waals surface area contributed by atoms with Crippen molar-refractivity contribution in [2.75, 3.05) is 0 Å². The molecule has 176 valence electrons. The van der Waals surface area contributed by atoms with Gasteiger partial charge >= 0.3 is 0 Å². The standard InChI is InChI=1S/C30H50O/c1-8-22(19(2)3)10-9-20(4)24-13-14-26-23-11-12-25-21(5)28(31)16-18-30(25,7)27(23)15-17-29(24,26)6/h8,11,19-21,24-28,31H,9-10,12-18H2,1-7H3/t20-,21-,24-,25?,26+,27+,28+,29-,30+/m1/s1. The van der Waals surface area contributed by atoms with Crippen LogP contribution in [0.1, 0.15) is 106 Å². The minimum atomic E-state index is -0.0773. The summed E-state index contributed by atoms with van der Waals surface area (Å²) >= 11 is 0. The van der Waals surface area contributed by atoms with Crippen LogP contribution in [0.3, 0.4) is 0 Å². The second-order valence-electron chi connectivity index (χ2n) is 12.9. The molecule has 1 N–H and O–H groups in total. The molecule has 9 atom stereocenters. The predicted molar refractivity (Wildman–Crippen MR) is 133 cm³/mol. The molecule has 0 aliphatic heterocycles. The highest BCUT2D eigenvalue weighted by atomic mass is 16.3. The zero-order chi connectivity index (χ0) is 22.6. The van der Waals surface area contributed by atoms with E-state index in [9.17, 15) is 5.11 Å². The highest BCUT2D eigenvalue weighted by molar-refractivity contribution is 5.28. The van der Waals surface area contributed by atoms with Crippen molar-refractivity contribution in [1.29, 1.82) is 0 Å². The Morgan fingerprint density at radius 2 is 1.74 bits per heavy atom. The quantitative estimate of drug-likeness (QED) is 0.439. The summed E-state index contributed by atoms with van der Waals surface area (Å²) in [6.45, 7) is 17.1. The fourth-order valence-electron chi connectivity index (χ4n) is 9.28. The van der Waals surface area contributed by atoms with Crippen LogP contribution < -0.4 is 0 Å². The molecule has 0 radical (unpaired) electrons. The Bertz CT molecular complexity index is 716. The summed E-state index contributed by atoms with van der Waals surface area (Å²) in [5, 5.41) is 10.5. The van der Waals surface area contributed by atoms with Crippen LogP contribution in [-0.2, 0) is 0 Å². The Balaban J connectivity index is 1.51. The van der Waals surface area contributed by atoms with Crippen LogP contribution in [0.4, 0.5) is 0 Å². The van der Waals surface area contributed by atoms with E-state index in [2.05, 4.69) is 60.6 Å². The highest BCUT2D eigenvalue weighted by Crippen LogP contribution is 2.67. The average Bonchev–Trinajstić information content (AvgIpc) is 3.08. The molecule has 0 aromatic carbocycles. The van der Waals surface area contributed by atoms with Crippen molar-refractivity contribution >= 4 is 0 Å². The zero-order valence-corrected chi connectivity index (χ0v) is 21.6. The van der Waals surface area contributed by atoms with Crippen LogP contribution in [0.5, 0.6) is 0 Å². The van der Waals surface area contributed by atoms with Crippen LogP contribution in [0.15, 0.2) is 23.3 Å². The maximum Gasteiger partial charge on any atom is 0.0568 e. The van der Waals surface area contributed by atoms with Crippen molar-refractivity contribution in [1.82, 2.24) is 0 Å². The second kappa shape index (κ2) is 8.66. The number of aliphatic hydroxyl groups is 1. The first-order valence-corrected chi connectivity index (χ1v) is 13.7. The lowest BCUT2D eigenvalue weighted by Gasteiger charge is -2.59. The maximum atomic E-state index is 10.5. The first-order valence-electron chi connectivity index (χ1n) is 13.7. The van der Waals surface area contributed by atoms with Crippen molar-refractivity contribution in [3.63, 3.8) is 0 Å². The molecule has 4 aliphatic carbocycles. The lowest BCUT2D eigenvalue weighted by Crippen LogP contribution is -2.52. The van der Waals surface area contributed by atoms with Crippen LogP contribution in [0.2, 0.25) is 0 Å². The molecule has 1 unspecified atom stereocenters. The molecule has 3 saturated carbocycles. The van der Waals surface area contributed by atoms with Crippen molar-refractivity contribution in [2.45, 2.75) is 112 Å². The summed E-state index contributed by atoms with van der Waals surface area (Å²) in [7, 11) is 0. The number of fused-ring (bicyclic) bond motifs is 5. The van der Waals surface area contributed by atoms with Crippen LogP contribution >= 0.6 is 0 Å². The summed E-state index contributed by atoms with van der Waals surface area (Å²) in [5.74, 6) is 5.16. The van der Waals surface area contributed by atoms with Crippen molar-refractivity contribution in [3.8, 4) is 0 Å². The minimum absolute atomic E-state index is 0.0773. The lowest BCUT2D eigenvalue weighted by molar-refractivity contribution is -0.0773. The van der Waals surface area contributed by atoms with E-state index >= 15 is 0 Å². The average molecular weight is 427 g/mol. The van der Waals surface area contributed by atoms with Gasteiger partial charge in [-0.05, 0) is 117 Å². The van der Waals surface area contributed by atoms with E-state index in [4.69, 9.17) is 0 Å². The summed E-state index contributed by atoms with van der Waals surface area (Å²) in [6.07, 6.45) is 16.8. The fourth-order valence-corrected chi connectivity index (χ4v) is 9.28. The molecular formula is C30H50O. The highest BCUT2D eigenvalue weighted by Gasteiger charge is 2.59. The molecule has 4 rings (SSSR count). The van der Waals surface area contributed by atoms with Gasteiger partial charge in [0.15, 0.2) is 0 Å². The van der Waals surface area contributed by atoms with Crippen molar-refractivity contribution in [2.24, 2.45) is 52.3 Å². The van der Waals surface area contributed by atoms with Gasteiger partial charge in [-0.25, -0.2) is 0 Å². The molecule has 0 heterocycles. The van der Waals surface area contributed by atoms with Crippen molar-refractivity contribution < 1.29 is 5.11 Å². The monoisotopic (exact) mass is 426 g/mol. The first-order chi connectivity index (χ1) is 14.6. The summed E-state index contributed by atoms with van der Waals surface area (Å²) in [6, 6.07) is 0. The number of hydrogen-bond donors (Lipinski definition) is 1. The van der Waals surface area contributed by atoms with E-state index in [0.29, 0.717) is 28.6 Å². The lowest BCUT2D eigenvalue weighted by atomic mass is 9.46. The van der Waals surface area contributed by atoms with Crippen LogP contribution in [0.25, 0.3) is 0 Å². The summed E-state index contributed by atoms with van der Waals surface area (Å²) in [5.41, 5.74) is 4.45. The van der Waals surface area contributed by atoms with Gasteiger partial charge in [-0.3, -0.25) is 0 Å². The molecular weight excluding hydrogens is 376 g/mol. The van der Waals surface area contributed by atoms with E-state index in [1.54, 1.807) is 5.57 Å². The van der Waals surface area contributed by atoms with E-state index < -0.39 is 0 Å². The van der Waals surface area contributed by atoms with Crippen LogP contribution in [-0.4, -0.2) is 11.2 Å².